The van der Waals surface area contributed by atoms with Gasteiger partial charge in [0, 0.05) is 49.5 Å². The molecule has 1 aromatic rings. The molecule has 0 unspecified atom stereocenters. The Kier molecular flexibility index (Phi) is 4.96. The summed E-state index contributed by atoms with van der Waals surface area (Å²) in [6, 6.07) is 5.04. The predicted molar refractivity (Wildman–Crippen MR) is 82.0 cm³/mol. The Morgan fingerprint density at radius 1 is 1.29 bits per heavy atom. The fourth-order valence-electron chi connectivity index (χ4n) is 2.59. The third-order valence-corrected chi connectivity index (χ3v) is 3.78. The molecule has 1 saturated heterocycles. The van der Waals surface area contributed by atoms with E-state index in [9.17, 15) is 9.18 Å². The summed E-state index contributed by atoms with van der Waals surface area (Å²) in [6.45, 7) is 7.98. The molecule has 21 heavy (non-hydrogen) atoms. The molecule has 1 aliphatic rings. The summed E-state index contributed by atoms with van der Waals surface area (Å²) < 4.78 is 13.4. The summed E-state index contributed by atoms with van der Waals surface area (Å²) in [5.74, 6) is -1.39. The zero-order chi connectivity index (χ0) is 15.4. The lowest BCUT2D eigenvalue weighted by Gasteiger charge is -2.38. The largest absolute Gasteiger partial charge is 0.478 e. The molecular formula is C16H21FN2O2. The van der Waals surface area contributed by atoms with Gasteiger partial charge in [0.15, 0.2) is 0 Å². The molecule has 114 valence electrons. The highest BCUT2D eigenvalue weighted by Gasteiger charge is 2.20. The van der Waals surface area contributed by atoms with Crippen LogP contribution in [0.5, 0.6) is 0 Å². The number of carbonyl (C=O) groups is 1. The Bertz CT molecular complexity index is 535. The third kappa shape index (κ3) is 4.04. The van der Waals surface area contributed by atoms with E-state index < -0.39 is 5.97 Å². The number of hydrogen-bond acceptors (Lipinski definition) is 3. The summed E-state index contributed by atoms with van der Waals surface area (Å²) >= 11 is 0. The number of anilines is 1. The van der Waals surface area contributed by atoms with E-state index in [2.05, 4.69) is 23.6 Å². The second-order valence-electron chi connectivity index (χ2n) is 5.49. The van der Waals surface area contributed by atoms with E-state index in [0.717, 1.165) is 37.9 Å². The van der Waals surface area contributed by atoms with Gasteiger partial charge < -0.3 is 10.0 Å². The molecule has 1 aliphatic heterocycles. The lowest BCUT2D eigenvalue weighted by molar-refractivity contribution is -0.131. The maximum absolute atomic E-state index is 13.4. The average molecular weight is 292 g/mol. The van der Waals surface area contributed by atoms with Crippen molar-refractivity contribution < 1.29 is 14.3 Å². The van der Waals surface area contributed by atoms with Crippen LogP contribution in [0, 0.1) is 5.82 Å². The van der Waals surface area contributed by atoms with Crippen LogP contribution in [0.1, 0.15) is 19.4 Å². The first-order valence-electron chi connectivity index (χ1n) is 7.17. The van der Waals surface area contributed by atoms with Gasteiger partial charge in [-0.25, -0.2) is 9.18 Å². The number of piperazine rings is 1. The van der Waals surface area contributed by atoms with Crippen LogP contribution in [0.3, 0.4) is 0 Å². The first kappa shape index (κ1) is 15.5. The monoisotopic (exact) mass is 292 g/mol. The van der Waals surface area contributed by atoms with Crippen molar-refractivity contribution in [1.82, 2.24) is 4.90 Å². The Hall–Kier alpha value is -1.88. The van der Waals surface area contributed by atoms with Crippen molar-refractivity contribution in [3.63, 3.8) is 0 Å². The Morgan fingerprint density at radius 3 is 2.52 bits per heavy atom. The topological polar surface area (TPSA) is 43.8 Å². The Balaban J connectivity index is 2.18. The van der Waals surface area contributed by atoms with Crippen LogP contribution in [0.25, 0.3) is 6.08 Å². The van der Waals surface area contributed by atoms with Gasteiger partial charge in [0.1, 0.15) is 5.82 Å². The van der Waals surface area contributed by atoms with Gasteiger partial charge in [-0.05, 0) is 38.1 Å². The number of carboxylic acid groups (broad SMARTS) is 1. The van der Waals surface area contributed by atoms with Crippen LogP contribution < -0.4 is 4.90 Å². The minimum absolute atomic E-state index is 0.357. The van der Waals surface area contributed by atoms with Crippen molar-refractivity contribution in [1.29, 1.82) is 0 Å². The van der Waals surface area contributed by atoms with E-state index in [0.29, 0.717) is 11.6 Å². The van der Waals surface area contributed by atoms with Gasteiger partial charge in [-0.1, -0.05) is 0 Å². The molecule has 0 saturated carbocycles. The van der Waals surface area contributed by atoms with E-state index in [1.165, 1.54) is 18.2 Å². The van der Waals surface area contributed by atoms with E-state index in [1.54, 1.807) is 6.07 Å². The summed E-state index contributed by atoms with van der Waals surface area (Å²) in [7, 11) is 0. The summed E-state index contributed by atoms with van der Waals surface area (Å²) in [5, 5.41) is 8.74. The molecule has 2 rings (SSSR count). The highest BCUT2D eigenvalue weighted by molar-refractivity contribution is 5.87. The lowest BCUT2D eigenvalue weighted by atomic mass is 10.1. The summed E-state index contributed by atoms with van der Waals surface area (Å²) in [6.07, 6.45) is 2.50. The van der Waals surface area contributed by atoms with Crippen molar-refractivity contribution in [3.8, 4) is 0 Å². The second-order valence-corrected chi connectivity index (χ2v) is 5.49. The first-order valence-corrected chi connectivity index (χ1v) is 7.17. The zero-order valence-corrected chi connectivity index (χ0v) is 12.4. The number of carboxylic acids is 1. The molecular weight excluding hydrogens is 271 g/mol. The van der Waals surface area contributed by atoms with E-state index in [1.807, 2.05) is 0 Å². The van der Waals surface area contributed by atoms with Crippen molar-refractivity contribution >= 4 is 17.7 Å². The van der Waals surface area contributed by atoms with Gasteiger partial charge in [0.05, 0.1) is 0 Å². The van der Waals surface area contributed by atoms with Gasteiger partial charge in [0.25, 0.3) is 0 Å². The summed E-state index contributed by atoms with van der Waals surface area (Å²) in [4.78, 5) is 15.2. The zero-order valence-electron chi connectivity index (χ0n) is 12.4. The van der Waals surface area contributed by atoms with Gasteiger partial charge in [0.2, 0.25) is 0 Å². The molecule has 1 fully saturated rings. The van der Waals surface area contributed by atoms with Crippen LogP contribution in [-0.4, -0.2) is 48.2 Å². The molecule has 0 radical (unpaired) electrons. The number of benzene rings is 1. The van der Waals surface area contributed by atoms with Crippen LogP contribution in [0.15, 0.2) is 24.3 Å². The minimum atomic E-state index is -1.03. The van der Waals surface area contributed by atoms with Crippen molar-refractivity contribution in [2.75, 3.05) is 31.1 Å². The van der Waals surface area contributed by atoms with Crippen molar-refractivity contribution in [3.05, 3.63) is 35.7 Å². The van der Waals surface area contributed by atoms with Gasteiger partial charge >= 0.3 is 5.97 Å². The number of aliphatic carboxylic acids is 1. The molecule has 0 spiro atoms. The number of rotatable bonds is 4. The van der Waals surface area contributed by atoms with Crippen LogP contribution in [0.2, 0.25) is 0 Å². The molecule has 1 aromatic carbocycles. The summed E-state index contributed by atoms with van der Waals surface area (Å²) in [5.41, 5.74) is 1.49. The maximum atomic E-state index is 13.4. The SMILES string of the molecule is CC(C)N1CCN(c2ccc(F)cc2/C=C/C(=O)O)CC1. The Morgan fingerprint density at radius 2 is 1.95 bits per heavy atom. The minimum Gasteiger partial charge on any atom is -0.478 e. The van der Waals surface area contributed by atoms with E-state index in [-0.39, 0.29) is 5.82 Å². The van der Waals surface area contributed by atoms with Crippen LogP contribution in [-0.2, 0) is 4.79 Å². The fraction of sp³-hybridized carbons (Fsp3) is 0.438. The fourth-order valence-corrected chi connectivity index (χ4v) is 2.59. The first-order chi connectivity index (χ1) is 9.97. The van der Waals surface area contributed by atoms with Gasteiger partial charge in [-0.15, -0.1) is 0 Å². The molecule has 0 aliphatic carbocycles. The highest BCUT2D eigenvalue weighted by atomic mass is 19.1. The molecule has 1 N–H and O–H groups in total. The molecule has 0 atom stereocenters. The highest BCUT2D eigenvalue weighted by Crippen LogP contribution is 2.24. The maximum Gasteiger partial charge on any atom is 0.328 e. The van der Waals surface area contributed by atoms with Crippen molar-refractivity contribution in [2.45, 2.75) is 19.9 Å². The quantitative estimate of drug-likeness (QED) is 0.866. The van der Waals surface area contributed by atoms with Gasteiger partial charge in [-0.2, -0.15) is 0 Å². The number of halogens is 1. The number of nitrogens with zero attached hydrogens (tertiary/aromatic N) is 2. The predicted octanol–water partition coefficient (Wildman–Crippen LogP) is 2.45. The molecule has 0 amide bonds. The average Bonchev–Trinajstić information content (AvgIpc) is 2.45. The molecule has 1 heterocycles. The molecule has 4 nitrogen and oxygen atoms in total. The van der Waals surface area contributed by atoms with Crippen molar-refractivity contribution in [2.24, 2.45) is 0 Å². The number of hydrogen-bond donors (Lipinski definition) is 1. The molecule has 5 heteroatoms. The molecule has 0 bridgehead atoms. The molecule has 0 aromatic heterocycles. The third-order valence-electron chi connectivity index (χ3n) is 3.78. The second kappa shape index (κ2) is 6.72. The lowest BCUT2D eigenvalue weighted by Crippen LogP contribution is -2.49. The normalized spacial score (nSPS) is 16.9. The smallest absolute Gasteiger partial charge is 0.328 e. The Labute approximate surface area is 124 Å². The van der Waals surface area contributed by atoms with Crippen LogP contribution in [0.4, 0.5) is 10.1 Å². The van der Waals surface area contributed by atoms with E-state index >= 15 is 0 Å². The standard InChI is InChI=1S/C16H21FN2O2/c1-12(2)18-7-9-19(10-8-18)15-5-4-14(17)11-13(15)3-6-16(20)21/h3-6,11-12H,7-10H2,1-2H3,(H,20,21)/b6-3+. The van der Waals surface area contributed by atoms with Crippen LogP contribution >= 0.6 is 0 Å². The van der Waals surface area contributed by atoms with E-state index in [4.69, 9.17) is 5.11 Å². The van der Waals surface area contributed by atoms with Gasteiger partial charge in [-0.3, -0.25) is 4.90 Å².